The van der Waals surface area contributed by atoms with E-state index in [-0.39, 0.29) is 6.61 Å². The standard InChI is InChI=1S/C10H14ClN3O/c11-10-2-1-9(12-13-10)6-14-4-3-8(5-14)7-15/h1-2,8,15H,3-7H2/t8-/m1/s1. The lowest BCUT2D eigenvalue weighted by Crippen LogP contribution is -2.21. The Morgan fingerprint density at radius 1 is 1.47 bits per heavy atom. The zero-order valence-corrected chi connectivity index (χ0v) is 9.19. The molecule has 1 atom stereocenters. The molecule has 1 aliphatic heterocycles. The first-order valence-corrected chi connectivity index (χ1v) is 5.47. The van der Waals surface area contributed by atoms with Crippen LogP contribution in [0.3, 0.4) is 0 Å². The molecule has 5 heteroatoms. The van der Waals surface area contributed by atoms with Gasteiger partial charge >= 0.3 is 0 Å². The number of hydrogen-bond donors (Lipinski definition) is 1. The van der Waals surface area contributed by atoms with Gasteiger partial charge in [-0.15, -0.1) is 5.10 Å². The van der Waals surface area contributed by atoms with Gasteiger partial charge in [-0.25, -0.2) is 0 Å². The van der Waals surface area contributed by atoms with E-state index in [2.05, 4.69) is 15.1 Å². The second-order valence-electron chi connectivity index (χ2n) is 3.92. The molecule has 0 bridgehead atoms. The number of aromatic nitrogens is 2. The predicted molar refractivity (Wildman–Crippen MR) is 57.5 cm³/mol. The first-order chi connectivity index (χ1) is 7.28. The lowest BCUT2D eigenvalue weighted by molar-refractivity contribution is 0.219. The molecule has 2 heterocycles. The number of aliphatic hydroxyl groups excluding tert-OH is 1. The summed E-state index contributed by atoms with van der Waals surface area (Å²) in [5.74, 6) is 0.422. The van der Waals surface area contributed by atoms with Crippen LogP contribution in [-0.2, 0) is 6.54 Å². The molecule has 0 aromatic carbocycles. The Morgan fingerprint density at radius 3 is 2.93 bits per heavy atom. The van der Waals surface area contributed by atoms with Crippen molar-refractivity contribution in [1.82, 2.24) is 15.1 Å². The van der Waals surface area contributed by atoms with Gasteiger partial charge in [-0.3, -0.25) is 4.90 Å². The van der Waals surface area contributed by atoms with E-state index < -0.39 is 0 Å². The Morgan fingerprint density at radius 2 is 2.33 bits per heavy atom. The molecule has 0 aliphatic carbocycles. The third-order valence-corrected chi connectivity index (χ3v) is 2.90. The molecule has 1 saturated heterocycles. The van der Waals surface area contributed by atoms with Crippen molar-refractivity contribution in [2.75, 3.05) is 19.7 Å². The van der Waals surface area contributed by atoms with E-state index in [1.165, 1.54) is 0 Å². The van der Waals surface area contributed by atoms with E-state index in [0.717, 1.165) is 31.7 Å². The van der Waals surface area contributed by atoms with Crippen LogP contribution in [0.2, 0.25) is 5.15 Å². The number of aliphatic hydroxyl groups is 1. The van der Waals surface area contributed by atoms with Crippen molar-refractivity contribution in [2.45, 2.75) is 13.0 Å². The van der Waals surface area contributed by atoms with Crippen molar-refractivity contribution >= 4 is 11.6 Å². The maximum atomic E-state index is 9.01. The van der Waals surface area contributed by atoms with Crippen molar-refractivity contribution in [3.05, 3.63) is 23.0 Å². The van der Waals surface area contributed by atoms with Gasteiger partial charge in [-0.2, -0.15) is 5.10 Å². The summed E-state index contributed by atoms with van der Waals surface area (Å²) in [6.45, 7) is 3.04. The summed E-state index contributed by atoms with van der Waals surface area (Å²) in [4.78, 5) is 2.28. The summed E-state index contributed by atoms with van der Waals surface area (Å²) >= 11 is 5.65. The first kappa shape index (κ1) is 10.8. The molecule has 1 aliphatic rings. The lowest BCUT2D eigenvalue weighted by Gasteiger charge is -2.14. The quantitative estimate of drug-likeness (QED) is 0.835. The summed E-state index contributed by atoms with van der Waals surface area (Å²) in [5, 5.41) is 17.2. The summed E-state index contributed by atoms with van der Waals surface area (Å²) in [6, 6.07) is 3.64. The van der Waals surface area contributed by atoms with Crippen molar-refractivity contribution in [1.29, 1.82) is 0 Å². The van der Waals surface area contributed by atoms with Crippen LogP contribution >= 0.6 is 11.6 Å². The summed E-state index contributed by atoms with van der Waals surface area (Å²) in [7, 11) is 0. The van der Waals surface area contributed by atoms with Gasteiger partial charge < -0.3 is 5.11 Å². The minimum absolute atomic E-state index is 0.281. The third kappa shape index (κ3) is 2.87. The van der Waals surface area contributed by atoms with Gasteiger partial charge in [0.2, 0.25) is 0 Å². The minimum Gasteiger partial charge on any atom is -0.396 e. The number of hydrogen-bond acceptors (Lipinski definition) is 4. The molecule has 4 nitrogen and oxygen atoms in total. The molecule has 15 heavy (non-hydrogen) atoms. The number of rotatable bonds is 3. The van der Waals surface area contributed by atoms with E-state index >= 15 is 0 Å². The van der Waals surface area contributed by atoms with Crippen molar-refractivity contribution in [3.8, 4) is 0 Å². The van der Waals surface area contributed by atoms with Crippen LogP contribution in [0.5, 0.6) is 0 Å². The Kier molecular flexibility index (Phi) is 3.51. The average molecular weight is 228 g/mol. The van der Waals surface area contributed by atoms with E-state index in [0.29, 0.717) is 11.1 Å². The predicted octanol–water partition coefficient (Wildman–Crippen LogP) is 0.944. The highest BCUT2D eigenvalue weighted by Crippen LogP contribution is 2.17. The van der Waals surface area contributed by atoms with Gasteiger partial charge in [0.1, 0.15) is 0 Å². The third-order valence-electron chi connectivity index (χ3n) is 2.70. The second-order valence-corrected chi connectivity index (χ2v) is 4.31. The van der Waals surface area contributed by atoms with Gasteiger partial charge in [0, 0.05) is 19.7 Å². The molecule has 0 amide bonds. The van der Waals surface area contributed by atoms with Crippen molar-refractivity contribution in [2.24, 2.45) is 5.92 Å². The van der Waals surface area contributed by atoms with E-state index in [9.17, 15) is 0 Å². The monoisotopic (exact) mass is 227 g/mol. The van der Waals surface area contributed by atoms with Crippen LogP contribution in [0.25, 0.3) is 0 Å². The summed E-state index contributed by atoms with van der Waals surface area (Å²) in [5.41, 5.74) is 0.929. The smallest absolute Gasteiger partial charge is 0.151 e. The molecular formula is C10H14ClN3O. The number of nitrogens with zero attached hydrogens (tertiary/aromatic N) is 3. The molecule has 0 spiro atoms. The molecule has 1 fully saturated rings. The van der Waals surface area contributed by atoms with Crippen LogP contribution in [0.15, 0.2) is 12.1 Å². The zero-order valence-electron chi connectivity index (χ0n) is 8.43. The van der Waals surface area contributed by atoms with Crippen LogP contribution < -0.4 is 0 Å². The Hall–Kier alpha value is -0.710. The highest BCUT2D eigenvalue weighted by Gasteiger charge is 2.21. The van der Waals surface area contributed by atoms with Crippen molar-refractivity contribution in [3.63, 3.8) is 0 Å². The van der Waals surface area contributed by atoms with E-state index in [1.807, 2.05) is 6.07 Å². The molecule has 0 radical (unpaired) electrons. The molecule has 0 saturated carbocycles. The molecule has 2 rings (SSSR count). The normalized spacial score (nSPS) is 22.1. The Balaban J connectivity index is 1.90. The number of likely N-dealkylation sites (tertiary alicyclic amines) is 1. The molecule has 0 unspecified atom stereocenters. The Labute approximate surface area is 93.9 Å². The maximum Gasteiger partial charge on any atom is 0.151 e. The van der Waals surface area contributed by atoms with Gasteiger partial charge in [0.15, 0.2) is 5.15 Å². The largest absolute Gasteiger partial charge is 0.396 e. The van der Waals surface area contributed by atoms with Crippen LogP contribution in [-0.4, -0.2) is 39.9 Å². The Bertz CT molecular complexity index is 317. The average Bonchev–Trinajstić information content (AvgIpc) is 2.69. The SMILES string of the molecule is OC[C@@H]1CCN(Cc2ccc(Cl)nn2)C1. The molecule has 82 valence electrons. The van der Waals surface area contributed by atoms with E-state index in [1.54, 1.807) is 6.07 Å². The molecule has 1 N–H and O–H groups in total. The van der Waals surface area contributed by atoms with Crippen LogP contribution in [0.4, 0.5) is 0 Å². The topological polar surface area (TPSA) is 49.2 Å². The highest BCUT2D eigenvalue weighted by atomic mass is 35.5. The second kappa shape index (κ2) is 4.88. The van der Waals surface area contributed by atoms with Gasteiger partial charge in [0.05, 0.1) is 5.69 Å². The molecular weight excluding hydrogens is 214 g/mol. The van der Waals surface area contributed by atoms with Crippen LogP contribution in [0.1, 0.15) is 12.1 Å². The van der Waals surface area contributed by atoms with Crippen LogP contribution in [0, 0.1) is 5.92 Å². The minimum atomic E-state index is 0.281. The maximum absolute atomic E-state index is 9.01. The fourth-order valence-electron chi connectivity index (χ4n) is 1.86. The lowest BCUT2D eigenvalue weighted by atomic mass is 10.1. The zero-order chi connectivity index (χ0) is 10.7. The molecule has 1 aromatic rings. The number of halogens is 1. The van der Waals surface area contributed by atoms with Gasteiger partial charge in [-0.1, -0.05) is 11.6 Å². The summed E-state index contributed by atoms with van der Waals surface area (Å²) < 4.78 is 0. The first-order valence-electron chi connectivity index (χ1n) is 5.09. The van der Waals surface area contributed by atoms with E-state index in [4.69, 9.17) is 16.7 Å². The summed E-state index contributed by atoms with van der Waals surface area (Å²) in [6.07, 6.45) is 1.07. The highest BCUT2D eigenvalue weighted by molar-refractivity contribution is 6.29. The van der Waals surface area contributed by atoms with Gasteiger partial charge in [0.25, 0.3) is 0 Å². The van der Waals surface area contributed by atoms with Crippen molar-refractivity contribution < 1.29 is 5.11 Å². The fraction of sp³-hybridized carbons (Fsp3) is 0.600. The van der Waals surface area contributed by atoms with Gasteiger partial charge in [-0.05, 0) is 31.0 Å². The molecule has 1 aromatic heterocycles. The fourth-order valence-corrected chi connectivity index (χ4v) is 1.96.